The van der Waals surface area contributed by atoms with Gasteiger partial charge in [0.1, 0.15) is 30.0 Å². The Morgan fingerprint density at radius 3 is 2.46 bits per heavy atom. The Morgan fingerprint density at radius 1 is 1.02 bits per heavy atom. The van der Waals surface area contributed by atoms with Crippen LogP contribution in [0.4, 0.5) is 29.0 Å². The van der Waals surface area contributed by atoms with Gasteiger partial charge in [-0.15, -0.1) is 0 Å². The lowest BCUT2D eigenvalue weighted by atomic mass is 10.0. The number of anilines is 5. The van der Waals surface area contributed by atoms with Crippen LogP contribution >= 0.6 is 23.1 Å². The lowest BCUT2D eigenvalue weighted by Crippen LogP contribution is -2.42. The molecule has 0 spiro atoms. The fourth-order valence-electron chi connectivity index (χ4n) is 5.75. The van der Waals surface area contributed by atoms with E-state index in [-0.39, 0.29) is 0 Å². The van der Waals surface area contributed by atoms with Gasteiger partial charge in [-0.3, -0.25) is 14.6 Å². The fourth-order valence-corrected chi connectivity index (χ4v) is 7.43. The van der Waals surface area contributed by atoms with Crippen molar-refractivity contribution in [2.45, 2.75) is 18.9 Å². The molecule has 1 aromatic carbocycles. The average molecular weight is 707 g/mol. The second-order valence-electron chi connectivity index (χ2n) is 11.8. The first-order valence-electron chi connectivity index (χ1n) is 14.9. The molecule has 1 aliphatic rings. The molecule has 0 atom stereocenters. The summed E-state index contributed by atoms with van der Waals surface area (Å²) in [6.45, 7) is 5.19. The molecule has 0 aliphatic carbocycles. The van der Waals surface area contributed by atoms with Gasteiger partial charge in [0.05, 0.1) is 33.8 Å². The lowest BCUT2D eigenvalue weighted by molar-refractivity contribution is 0.249. The van der Waals surface area contributed by atoms with Crippen LogP contribution in [0.3, 0.4) is 0 Å². The minimum Gasteiger partial charge on any atom is -0.479 e. The molecule has 46 heavy (non-hydrogen) atoms. The number of piperidine rings is 1. The second kappa shape index (κ2) is 12.9. The molecule has 0 radical (unpaired) electrons. The van der Waals surface area contributed by atoms with Crippen LogP contribution in [-0.2, 0) is 11.6 Å². The number of nitrogens with one attached hydrogen (secondary N) is 2. The number of halogens is 1. The first-order chi connectivity index (χ1) is 22.0. The summed E-state index contributed by atoms with van der Waals surface area (Å²) in [5, 5.41) is 12.0. The van der Waals surface area contributed by atoms with E-state index in [2.05, 4.69) is 65.4 Å². The number of rotatable bonds is 9. The summed E-state index contributed by atoms with van der Waals surface area (Å²) in [6.07, 6.45) is 8.87. The molecule has 2 N–H and O–H groups in total. The molecule has 15 heteroatoms. The molecule has 4 aromatic heterocycles. The molecule has 0 unspecified atom stereocenters. The van der Waals surface area contributed by atoms with E-state index < -0.39 is 7.14 Å². The lowest BCUT2D eigenvalue weighted by Gasteiger charge is -2.36. The third-order valence-corrected chi connectivity index (χ3v) is 10.2. The van der Waals surface area contributed by atoms with E-state index in [0.717, 1.165) is 43.0 Å². The third kappa shape index (κ3) is 6.55. The van der Waals surface area contributed by atoms with Crippen molar-refractivity contribution in [3.8, 4) is 17.1 Å². The van der Waals surface area contributed by atoms with Crippen LogP contribution in [0.5, 0.6) is 5.88 Å². The predicted octanol–water partition coefficient (Wildman–Crippen LogP) is 5.25. The SMILES string of the molecule is COc1nc(N2CCC(N(C)C)CC2)c(-c2ccn(C)n2)cc1Nc1ncc(Br)c(Nc2ccc3nccnc3c2P(C)(C)=O)n1. The number of hydrogen-bond donors (Lipinski definition) is 2. The summed E-state index contributed by atoms with van der Waals surface area (Å²) in [7, 11) is 5.00. The van der Waals surface area contributed by atoms with Crippen molar-refractivity contribution in [2.75, 3.05) is 63.2 Å². The molecule has 1 saturated heterocycles. The van der Waals surface area contributed by atoms with Gasteiger partial charge in [0.15, 0.2) is 0 Å². The van der Waals surface area contributed by atoms with E-state index in [1.165, 1.54) is 0 Å². The largest absolute Gasteiger partial charge is 0.479 e. The van der Waals surface area contributed by atoms with Crippen molar-refractivity contribution in [1.82, 2.24) is 39.6 Å². The van der Waals surface area contributed by atoms with E-state index in [1.807, 2.05) is 37.5 Å². The molecule has 240 valence electrons. The van der Waals surface area contributed by atoms with E-state index in [1.54, 1.807) is 43.7 Å². The van der Waals surface area contributed by atoms with Crippen LogP contribution in [0.15, 0.2) is 53.5 Å². The maximum atomic E-state index is 13.4. The Morgan fingerprint density at radius 2 is 1.78 bits per heavy atom. The van der Waals surface area contributed by atoms with Gasteiger partial charge in [-0.05, 0) is 80.5 Å². The topological polar surface area (TPSA) is 139 Å². The smallest absolute Gasteiger partial charge is 0.239 e. The van der Waals surface area contributed by atoms with E-state index in [0.29, 0.717) is 55.9 Å². The first-order valence-corrected chi connectivity index (χ1v) is 18.3. The summed E-state index contributed by atoms with van der Waals surface area (Å²) in [5.74, 6) is 2.04. The zero-order chi connectivity index (χ0) is 32.6. The van der Waals surface area contributed by atoms with Gasteiger partial charge in [0.25, 0.3) is 0 Å². The number of methoxy groups -OCH3 is 1. The predicted molar refractivity (Wildman–Crippen MR) is 187 cm³/mol. The molecule has 5 heterocycles. The second-order valence-corrected chi connectivity index (χ2v) is 15.9. The number of ether oxygens (including phenoxy) is 1. The summed E-state index contributed by atoms with van der Waals surface area (Å²) < 4.78 is 21.6. The highest BCUT2D eigenvalue weighted by Crippen LogP contribution is 2.42. The van der Waals surface area contributed by atoms with Crippen LogP contribution in [0.1, 0.15) is 12.8 Å². The number of nitrogens with zero attached hydrogens (tertiary/aromatic N) is 9. The monoisotopic (exact) mass is 705 g/mol. The molecule has 0 amide bonds. The summed E-state index contributed by atoms with van der Waals surface area (Å²) >= 11 is 3.57. The minimum atomic E-state index is -2.77. The number of aryl methyl sites for hydroxylation is 1. The van der Waals surface area contributed by atoms with Gasteiger partial charge in [-0.25, -0.2) is 4.98 Å². The molecule has 6 rings (SSSR count). The summed E-state index contributed by atoms with van der Waals surface area (Å²) in [6, 6.07) is 8.20. The Labute approximate surface area is 276 Å². The minimum absolute atomic E-state index is 0.315. The molecular formula is C31H37BrN11O2P. The van der Waals surface area contributed by atoms with Gasteiger partial charge in [0.2, 0.25) is 11.8 Å². The van der Waals surface area contributed by atoms with E-state index in [9.17, 15) is 4.57 Å². The van der Waals surface area contributed by atoms with Gasteiger partial charge >= 0.3 is 0 Å². The van der Waals surface area contributed by atoms with Crippen molar-refractivity contribution >= 4 is 68.4 Å². The number of pyridine rings is 1. The standard InChI is InChI=1S/C31H37BrN11O2P/c1-41(2)19-9-15-43(16-10-19)29-20(22-11-14-42(3)40-22)17-25(30(39-29)45-4)37-31-35-18-21(32)28(38-31)36-24-8-7-23-26(34-13-12-33-23)27(24)46(5,6)44/h7-8,11-14,17-19H,9-10,15-16H2,1-6H3,(H2,35,36,37,38). The number of benzene rings is 1. The van der Waals surface area contributed by atoms with Crippen molar-refractivity contribution in [1.29, 1.82) is 0 Å². The summed E-state index contributed by atoms with van der Waals surface area (Å²) in [5.41, 5.74) is 4.17. The zero-order valence-electron chi connectivity index (χ0n) is 26.7. The Hall–Kier alpha value is -4.13. The molecule has 0 bridgehead atoms. The molecule has 1 aliphatic heterocycles. The highest BCUT2D eigenvalue weighted by Gasteiger charge is 2.27. The van der Waals surface area contributed by atoms with E-state index >= 15 is 0 Å². The van der Waals surface area contributed by atoms with Crippen molar-refractivity contribution in [2.24, 2.45) is 7.05 Å². The number of aromatic nitrogens is 7. The molecule has 13 nitrogen and oxygen atoms in total. The van der Waals surface area contributed by atoms with Gasteiger partial charge in [0, 0.05) is 56.5 Å². The first kappa shape index (κ1) is 31.8. The van der Waals surface area contributed by atoms with Crippen molar-refractivity contribution < 1.29 is 9.30 Å². The molecule has 5 aromatic rings. The van der Waals surface area contributed by atoms with Gasteiger partial charge < -0.3 is 29.7 Å². The molecular weight excluding hydrogens is 669 g/mol. The molecule has 1 fully saturated rings. The third-order valence-electron chi connectivity index (χ3n) is 8.04. The quantitative estimate of drug-likeness (QED) is 0.194. The zero-order valence-corrected chi connectivity index (χ0v) is 29.2. The van der Waals surface area contributed by atoms with Gasteiger partial charge in [-0.2, -0.15) is 15.1 Å². The van der Waals surface area contributed by atoms with Crippen LogP contribution in [0.2, 0.25) is 0 Å². The maximum Gasteiger partial charge on any atom is 0.239 e. The van der Waals surface area contributed by atoms with Crippen LogP contribution in [0.25, 0.3) is 22.3 Å². The Balaban J connectivity index is 1.36. The average Bonchev–Trinajstić information content (AvgIpc) is 3.47. The highest BCUT2D eigenvalue weighted by molar-refractivity contribution is 9.10. The summed E-state index contributed by atoms with van der Waals surface area (Å²) in [4.78, 5) is 27.7. The molecule has 0 saturated carbocycles. The fraction of sp³-hybridized carbons (Fsp3) is 0.355. The Kier molecular flexibility index (Phi) is 8.95. The number of fused-ring (bicyclic) bond motifs is 1. The Bertz CT molecular complexity index is 1940. The van der Waals surface area contributed by atoms with Crippen LogP contribution < -0.4 is 25.6 Å². The normalized spacial score (nSPS) is 14.2. The van der Waals surface area contributed by atoms with Crippen molar-refractivity contribution in [3.05, 3.63) is 53.5 Å². The highest BCUT2D eigenvalue weighted by atomic mass is 79.9. The maximum absolute atomic E-state index is 13.4. The number of hydrogen-bond acceptors (Lipinski definition) is 12. The van der Waals surface area contributed by atoms with Crippen LogP contribution in [-0.4, -0.2) is 93.3 Å². The van der Waals surface area contributed by atoms with Crippen LogP contribution in [0, 0.1) is 0 Å². The van der Waals surface area contributed by atoms with E-state index in [4.69, 9.17) is 19.8 Å². The van der Waals surface area contributed by atoms with Crippen molar-refractivity contribution in [3.63, 3.8) is 0 Å². The van der Waals surface area contributed by atoms with Gasteiger partial charge in [-0.1, -0.05) is 0 Å².